The highest BCUT2D eigenvalue weighted by Gasteiger charge is 2.02. The fourth-order valence-corrected chi connectivity index (χ4v) is 3.86. The van der Waals surface area contributed by atoms with Crippen LogP contribution in [0, 0.1) is 0 Å². The van der Waals surface area contributed by atoms with Crippen LogP contribution in [0.2, 0.25) is 0 Å². The van der Waals surface area contributed by atoms with Crippen molar-refractivity contribution in [2.45, 2.75) is 155 Å². The lowest BCUT2D eigenvalue weighted by atomic mass is 10.1. The summed E-state index contributed by atoms with van der Waals surface area (Å²) in [6.07, 6.45) is 27.9. The highest BCUT2D eigenvalue weighted by atomic mass is 16.5. The fraction of sp³-hybridized carbons (Fsp3) is 1.00. The first-order valence-corrected chi connectivity index (χ1v) is 13.5. The Hall–Kier alpha value is -0.0800. The third-order valence-corrected chi connectivity index (χ3v) is 5.90. The Labute approximate surface area is 184 Å². The predicted molar refractivity (Wildman–Crippen MR) is 130 cm³/mol. The van der Waals surface area contributed by atoms with Crippen LogP contribution in [0.25, 0.3) is 0 Å². The van der Waals surface area contributed by atoms with Gasteiger partial charge in [0.25, 0.3) is 0 Å². The van der Waals surface area contributed by atoms with Gasteiger partial charge in [0.05, 0.1) is 12.7 Å². The standard InChI is InChI=1S/C27H56O2/c1-4-6-8-10-12-14-16-18-20-22-24-28-26-27(3)29-25-23-21-19-17-15-13-11-9-7-5-2/h27H,4-26H2,1-3H3. The second-order valence-corrected chi connectivity index (χ2v) is 9.12. The van der Waals surface area contributed by atoms with Crippen LogP contribution in [-0.2, 0) is 9.47 Å². The molecular formula is C27H56O2. The summed E-state index contributed by atoms with van der Waals surface area (Å²) in [5.41, 5.74) is 0. The molecule has 0 radical (unpaired) electrons. The molecule has 0 aliphatic carbocycles. The molecule has 29 heavy (non-hydrogen) atoms. The van der Waals surface area contributed by atoms with E-state index < -0.39 is 0 Å². The molecule has 0 amide bonds. The molecule has 0 aliphatic heterocycles. The number of hydrogen-bond acceptors (Lipinski definition) is 2. The van der Waals surface area contributed by atoms with Crippen LogP contribution in [0.3, 0.4) is 0 Å². The summed E-state index contributed by atoms with van der Waals surface area (Å²) in [5.74, 6) is 0. The SMILES string of the molecule is CCCCCCCCCCCCOCC(C)OCCCCCCCCCCCC. The molecule has 0 aromatic heterocycles. The summed E-state index contributed by atoms with van der Waals surface area (Å²) < 4.78 is 11.7. The maximum atomic E-state index is 5.89. The second-order valence-electron chi connectivity index (χ2n) is 9.12. The lowest BCUT2D eigenvalue weighted by molar-refractivity contribution is -0.00869. The maximum Gasteiger partial charge on any atom is 0.0780 e. The number of unbranched alkanes of at least 4 members (excludes halogenated alkanes) is 18. The zero-order chi connectivity index (χ0) is 21.3. The minimum absolute atomic E-state index is 0.247. The molecule has 0 N–H and O–H groups in total. The Morgan fingerprint density at radius 3 is 1.21 bits per heavy atom. The molecule has 0 heterocycles. The first kappa shape index (κ1) is 28.9. The Kier molecular flexibility index (Phi) is 25.9. The van der Waals surface area contributed by atoms with Gasteiger partial charge in [-0.15, -0.1) is 0 Å². The van der Waals surface area contributed by atoms with Gasteiger partial charge in [0.2, 0.25) is 0 Å². The van der Waals surface area contributed by atoms with Crippen molar-refractivity contribution in [2.75, 3.05) is 19.8 Å². The minimum Gasteiger partial charge on any atom is -0.379 e. The largest absolute Gasteiger partial charge is 0.379 e. The van der Waals surface area contributed by atoms with E-state index in [2.05, 4.69) is 20.8 Å². The average Bonchev–Trinajstić information content (AvgIpc) is 2.72. The summed E-state index contributed by atoms with van der Waals surface area (Å²) in [5, 5.41) is 0. The van der Waals surface area contributed by atoms with Crippen LogP contribution in [0.1, 0.15) is 149 Å². The first-order chi connectivity index (χ1) is 14.3. The molecule has 0 aromatic carbocycles. The van der Waals surface area contributed by atoms with Gasteiger partial charge in [-0.3, -0.25) is 0 Å². The zero-order valence-corrected chi connectivity index (χ0v) is 20.7. The second kappa shape index (κ2) is 26.0. The van der Waals surface area contributed by atoms with Crippen molar-refractivity contribution < 1.29 is 9.47 Å². The van der Waals surface area contributed by atoms with E-state index in [1.165, 1.54) is 128 Å². The van der Waals surface area contributed by atoms with Gasteiger partial charge in [0.1, 0.15) is 0 Å². The van der Waals surface area contributed by atoms with Crippen LogP contribution in [0.15, 0.2) is 0 Å². The molecule has 0 bridgehead atoms. The van der Waals surface area contributed by atoms with E-state index in [0.717, 1.165) is 19.8 Å². The van der Waals surface area contributed by atoms with Crippen molar-refractivity contribution in [2.24, 2.45) is 0 Å². The lowest BCUT2D eigenvalue weighted by Crippen LogP contribution is -2.17. The van der Waals surface area contributed by atoms with Gasteiger partial charge in [-0.2, -0.15) is 0 Å². The van der Waals surface area contributed by atoms with Gasteiger partial charge < -0.3 is 9.47 Å². The molecule has 1 unspecified atom stereocenters. The van der Waals surface area contributed by atoms with Gasteiger partial charge in [-0.25, -0.2) is 0 Å². The molecule has 2 heteroatoms. The molecule has 176 valence electrons. The highest BCUT2D eigenvalue weighted by molar-refractivity contribution is 4.51. The molecular weight excluding hydrogens is 356 g/mol. The van der Waals surface area contributed by atoms with Crippen LogP contribution < -0.4 is 0 Å². The average molecular weight is 413 g/mol. The fourth-order valence-electron chi connectivity index (χ4n) is 3.86. The van der Waals surface area contributed by atoms with Crippen LogP contribution >= 0.6 is 0 Å². The minimum atomic E-state index is 0.247. The molecule has 1 atom stereocenters. The molecule has 0 aromatic rings. The molecule has 0 saturated carbocycles. The van der Waals surface area contributed by atoms with E-state index in [0.29, 0.717) is 0 Å². The Balaban J connectivity index is 3.12. The number of ether oxygens (including phenoxy) is 2. The van der Waals surface area contributed by atoms with E-state index in [-0.39, 0.29) is 6.10 Å². The van der Waals surface area contributed by atoms with E-state index in [9.17, 15) is 0 Å². The van der Waals surface area contributed by atoms with E-state index in [1.807, 2.05) is 0 Å². The van der Waals surface area contributed by atoms with Gasteiger partial charge in [0.15, 0.2) is 0 Å². The summed E-state index contributed by atoms with van der Waals surface area (Å²) in [4.78, 5) is 0. The molecule has 0 saturated heterocycles. The third-order valence-electron chi connectivity index (χ3n) is 5.90. The van der Waals surface area contributed by atoms with Crippen LogP contribution in [0.4, 0.5) is 0 Å². The predicted octanol–water partition coefficient (Wildman–Crippen LogP) is 9.25. The van der Waals surface area contributed by atoms with Gasteiger partial charge in [0, 0.05) is 13.2 Å². The molecule has 0 spiro atoms. The number of rotatable bonds is 25. The van der Waals surface area contributed by atoms with Crippen molar-refractivity contribution in [1.82, 2.24) is 0 Å². The maximum absolute atomic E-state index is 5.89. The van der Waals surface area contributed by atoms with Crippen molar-refractivity contribution in [3.05, 3.63) is 0 Å². The van der Waals surface area contributed by atoms with Crippen LogP contribution in [-0.4, -0.2) is 25.9 Å². The molecule has 0 aliphatic rings. The summed E-state index contributed by atoms with van der Waals surface area (Å²) in [7, 11) is 0. The Morgan fingerprint density at radius 2 is 0.793 bits per heavy atom. The summed E-state index contributed by atoms with van der Waals surface area (Å²) in [6, 6.07) is 0. The quantitative estimate of drug-likeness (QED) is 0.139. The monoisotopic (exact) mass is 412 g/mol. The normalized spacial score (nSPS) is 12.5. The van der Waals surface area contributed by atoms with Gasteiger partial charge in [-0.05, 0) is 19.8 Å². The van der Waals surface area contributed by atoms with Gasteiger partial charge in [-0.1, -0.05) is 129 Å². The summed E-state index contributed by atoms with van der Waals surface area (Å²) >= 11 is 0. The smallest absolute Gasteiger partial charge is 0.0780 e. The third kappa shape index (κ3) is 25.9. The number of hydrogen-bond donors (Lipinski definition) is 0. The van der Waals surface area contributed by atoms with Crippen LogP contribution in [0.5, 0.6) is 0 Å². The van der Waals surface area contributed by atoms with E-state index in [4.69, 9.17) is 9.47 Å². The zero-order valence-electron chi connectivity index (χ0n) is 20.7. The molecule has 0 fully saturated rings. The van der Waals surface area contributed by atoms with E-state index in [1.54, 1.807) is 0 Å². The lowest BCUT2D eigenvalue weighted by Gasteiger charge is -2.13. The molecule has 2 nitrogen and oxygen atoms in total. The summed E-state index contributed by atoms with van der Waals surface area (Å²) in [6.45, 7) is 9.28. The van der Waals surface area contributed by atoms with Crippen molar-refractivity contribution in [3.63, 3.8) is 0 Å². The highest BCUT2D eigenvalue weighted by Crippen LogP contribution is 2.12. The Bertz CT molecular complexity index is 280. The van der Waals surface area contributed by atoms with Crippen molar-refractivity contribution in [3.8, 4) is 0 Å². The topological polar surface area (TPSA) is 18.5 Å². The van der Waals surface area contributed by atoms with Gasteiger partial charge >= 0.3 is 0 Å². The Morgan fingerprint density at radius 1 is 0.448 bits per heavy atom. The van der Waals surface area contributed by atoms with Crippen molar-refractivity contribution >= 4 is 0 Å². The van der Waals surface area contributed by atoms with Crippen molar-refractivity contribution in [1.29, 1.82) is 0 Å². The molecule has 0 rings (SSSR count). The van der Waals surface area contributed by atoms with E-state index >= 15 is 0 Å². The first-order valence-electron chi connectivity index (χ1n) is 13.5.